The van der Waals surface area contributed by atoms with Gasteiger partial charge in [-0.3, -0.25) is 39.3 Å². The normalized spacial score (nSPS) is 18.0. The molecule has 2 fully saturated rings. The Morgan fingerprint density at radius 2 is 1.70 bits per heavy atom. The third-order valence-electron chi connectivity index (χ3n) is 9.53. The molecule has 5 amide bonds. The van der Waals surface area contributed by atoms with Crippen molar-refractivity contribution in [2.24, 2.45) is 5.92 Å². The standard InChI is InChI=1S/C20H23N3O4.C17H15F3N4O2/c24-16-10-9-15(18(25)22-16)23-19(26)13-7-4-8-14(17(13)20(23)27)21-11-12-5-2-1-3-6-12;1-16(2,26)10-7-12-9(8-21-24-12)6-13(10)23-15(25)11-4-3-5-14(22-11)17(18,19)20/h4,7-8,12,15,21H,1-3,5-6,9-11H2,(H,22,24,25);3-8,26H,1-2H3,(H,21,24)(H,23,25). The lowest BCUT2D eigenvalue weighted by molar-refractivity contribution is -0.141. The Hall–Kier alpha value is -5.64. The maximum atomic E-state index is 13.0. The van der Waals surface area contributed by atoms with Gasteiger partial charge in [-0.15, -0.1) is 0 Å². The molecule has 53 heavy (non-hydrogen) atoms. The fourth-order valence-corrected chi connectivity index (χ4v) is 6.81. The highest BCUT2D eigenvalue weighted by molar-refractivity contribution is 6.25. The summed E-state index contributed by atoms with van der Waals surface area (Å²) < 4.78 is 38.3. The number of benzene rings is 2. The van der Waals surface area contributed by atoms with Crippen LogP contribution in [0.5, 0.6) is 0 Å². The number of hydrogen-bond donors (Lipinski definition) is 5. The zero-order valence-corrected chi connectivity index (χ0v) is 29.0. The SMILES string of the molecule is CC(C)(O)c1cc2[nH]ncc2cc1NC(=O)c1cccc(C(F)(F)F)n1.O=C1CCC(N2C(=O)c3cccc(NCC4CCCCC4)c3C2=O)C(=O)N1. The van der Waals surface area contributed by atoms with Crippen LogP contribution in [0.15, 0.2) is 54.7 Å². The summed E-state index contributed by atoms with van der Waals surface area (Å²) in [4.78, 5) is 66.1. The van der Waals surface area contributed by atoms with E-state index in [0.29, 0.717) is 39.2 Å². The highest BCUT2D eigenvalue weighted by Crippen LogP contribution is 2.34. The molecule has 5 N–H and O–H groups in total. The van der Waals surface area contributed by atoms with Gasteiger partial charge in [0.1, 0.15) is 17.4 Å². The molecule has 2 aromatic carbocycles. The average molecular weight is 734 g/mol. The number of fused-ring (bicyclic) bond motifs is 2. The predicted molar refractivity (Wildman–Crippen MR) is 187 cm³/mol. The minimum Gasteiger partial charge on any atom is -0.386 e. The number of anilines is 2. The van der Waals surface area contributed by atoms with Gasteiger partial charge in [-0.1, -0.05) is 31.4 Å². The number of carbonyl (C=O) groups is 5. The third-order valence-corrected chi connectivity index (χ3v) is 9.53. The van der Waals surface area contributed by atoms with Crippen molar-refractivity contribution in [2.45, 2.75) is 76.6 Å². The fraction of sp³-hybridized carbons (Fsp3) is 0.378. The van der Waals surface area contributed by atoms with E-state index >= 15 is 0 Å². The first kappa shape index (κ1) is 37.1. The van der Waals surface area contributed by atoms with Gasteiger partial charge in [0.05, 0.1) is 28.4 Å². The second kappa shape index (κ2) is 14.8. The predicted octanol–water partition coefficient (Wildman–Crippen LogP) is 5.54. The van der Waals surface area contributed by atoms with Crippen molar-refractivity contribution in [2.75, 3.05) is 17.2 Å². The number of pyridine rings is 1. The number of aromatic nitrogens is 3. The number of imide groups is 2. The van der Waals surface area contributed by atoms with Crippen LogP contribution in [0, 0.1) is 5.92 Å². The van der Waals surface area contributed by atoms with Crippen LogP contribution in [0.1, 0.15) is 101 Å². The van der Waals surface area contributed by atoms with Crippen molar-refractivity contribution < 1.29 is 42.3 Å². The molecule has 1 saturated heterocycles. The van der Waals surface area contributed by atoms with E-state index in [1.54, 1.807) is 30.3 Å². The fourth-order valence-electron chi connectivity index (χ4n) is 6.81. The molecule has 1 saturated carbocycles. The number of amides is 5. The molecule has 3 aliphatic rings. The number of alkyl halides is 3. The highest BCUT2D eigenvalue weighted by Gasteiger charge is 2.45. The Morgan fingerprint density at radius 3 is 2.40 bits per heavy atom. The summed E-state index contributed by atoms with van der Waals surface area (Å²) in [5, 5.41) is 25.8. The first-order chi connectivity index (χ1) is 25.1. The zero-order valence-electron chi connectivity index (χ0n) is 29.0. The lowest BCUT2D eigenvalue weighted by Gasteiger charge is -2.28. The second-order valence-corrected chi connectivity index (χ2v) is 13.8. The van der Waals surface area contributed by atoms with Gasteiger partial charge in [0.15, 0.2) is 0 Å². The van der Waals surface area contributed by atoms with Crippen LogP contribution in [0.4, 0.5) is 24.5 Å². The Kier molecular flexibility index (Phi) is 10.3. The van der Waals surface area contributed by atoms with E-state index in [1.165, 1.54) is 58.2 Å². The molecule has 0 bridgehead atoms. The molecule has 0 radical (unpaired) electrons. The summed E-state index contributed by atoms with van der Waals surface area (Å²) in [7, 11) is 0. The van der Waals surface area contributed by atoms with Crippen LogP contribution in [-0.4, -0.2) is 67.3 Å². The van der Waals surface area contributed by atoms with Crippen molar-refractivity contribution in [3.63, 3.8) is 0 Å². The largest absolute Gasteiger partial charge is 0.433 e. The molecular formula is C37H38F3N7O6. The molecular weight excluding hydrogens is 695 g/mol. The maximum absolute atomic E-state index is 13.0. The van der Waals surface area contributed by atoms with Crippen molar-refractivity contribution in [3.05, 3.63) is 82.8 Å². The Balaban J connectivity index is 0.000000182. The number of carbonyl (C=O) groups excluding carboxylic acids is 5. The van der Waals surface area contributed by atoms with Crippen LogP contribution in [-0.2, 0) is 21.4 Å². The zero-order chi connectivity index (χ0) is 38.1. The van der Waals surface area contributed by atoms with Crippen LogP contribution < -0.4 is 16.0 Å². The molecule has 278 valence electrons. The molecule has 16 heteroatoms. The molecule has 1 atom stereocenters. The topological polar surface area (TPSA) is 186 Å². The Morgan fingerprint density at radius 1 is 0.962 bits per heavy atom. The average Bonchev–Trinajstić information content (AvgIpc) is 3.68. The summed E-state index contributed by atoms with van der Waals surface area (Å²) in [5.74, 6) is -2.13. The molecule has 0 spiro atoms. The number of nitrogens with zero attached hydrogens (tertiary/aromatic N) is 3. The quantitative estimate of drug-likeness (QED) is 0.152. The Labute approximate surface area is 301 Å². The van der Waals surface area contributed by atoms with Crippen LogP contribution in [0.2, 0.25) is 0 Å². The van der Waals surface area contributed by atoms with Gasteiger partial charge in [-0.05, 0) is 75.4 Å². The monoisotopic (exact) mass is 733 g/mol. The molecule has 2 aromatic heterocycles. The van der Waals surface area contributed by atoms with Crippen LogP contribution in [0.25, 0.3) is 10.9 Å². The Bertz CT molecular complexity index is 2080. The smallest absolute Gasteiger partial charge is 0.386 e. The maximum Gasteiger partial charge on any atom is 0.433 e. The number of aromatic amines is 1. The van der Waals surface area contributed by atoms with Crippen LogP contribution in [0.3, 0.4) is 0 Å². The summed E-state index contributed by atoms with van der Waals surface area (Å²) >= 11 is 0. The van der Waals surface area contributed by atoms with Gasteiger partial charge in [-0.25, -0.2) is 4.98 Å². The van der Waals surface area contributed by atoms with Crippen molar-refractivity contribution in [1.82, 2.24) is 25.4 Å². The number of H-pyrrole nitrogens is 1. The van der Waals surface area contributed by atoms with Gasteiger partial charge < -0.3 is 15.7 Å². The number of halogens is 3. The van der Waals surface area contributed by atoms with E-state index in [2.05, 4.69) is 31.1 Å². The summed E-state index contributed by atoms with van der Waals surface area (Å²) in [6.45, 7) is 3.84. The van der Waals surface area contributed by atoms with E-state index in [9.17, 15) is 42.3 Å². The third kappa shape index (κ3) is 8.06. The second-order valence-electron chi connectivity index (χ2n) is 13.8. The van der Waals surface area contributed by atoms with Crippen molar-refractivity contribution >= 4 is 51.8 Å². The van der Waals surface area contributed by atoms with E-state index in [-0.39, 0.29) is 30.1 Å². The number of aliphatic hydroxyl groups is 1. The van der Waals surface area contributed by atoms with Crippen molar-refractivity contribution in [3.8, 4) is 0 Å². The molecule has 4 heterocycles. The molecule has 1 aliphatic carbocycles. The van der Waals surface area contributed by atoms with Gasteiger partial charge in [0, 0.05) is 35.3 Å². The molecule has 13 nitrogen and oxygen atoms in total. The number of piperidine rings is 1. The van der Waals surface area contributed by atoms with E-state index in [4.69, 9.17) is 0 Å². The minimum absolute atomic E-state index is 0.122. The molecule has 4 aromatic rings. The van der Waals surface area contributed by atoms with E-state index in [0.717, 1.165) is 23.6 Å². The lowest BCUT2D eigenvalue weighted by Crippen LogP contribution is -2.54. The van der Waals surface area contributed by atoms with E-state index < -0.39 is 47.1 Å². The van der Waals surface area contributed by atoms with Gasteiger partial charge >= 0.3 is 6.18 Å². The molecule has 2 aliphatic heterocycles. The molecule has 7 rings (SSSR count). The molecule has 1 unspecified atom stereocenters. The number of hydrogen-bond acceptors (Lipinski definition) is 9. The van der Waals surface area contributed by atoms with Crippen LogP contribution >= 0.6 is 0 Å². The highest BCUT2D eigenvalue weighted by atomic mass is 19.4. The van der Waals surface area contributed by atoms with Gasteiger partial charge in [0.25, 0.3) is 17.7 Å². The van der Waals surface area contributed by atoms with Crippen molar-refractivity contribution in [1.29, 1.82) is 0 Å². The summed E-state index contributed by atoms with van der Waals surface area (Å²) in [5.41, 5.74) is -0.245. The summed E-state index contributed by atoms with van der Waals surface area (Å²) in [6.07, 6.45) is 3.28. The van der Waals surface area contributed by atoms with Gasteiger partial charge in [0.2, 0.25) is 11.8 Å². The summed E-state index contributed by atoms with van der Waals surface area (Å²) in [6, 6.07) is 10.5. The minimum atomic E-state index is -4.65. The number of rotatable bonds is 7. The lowest BCUT2D eigenvalue weighted by atomic mass is 9.89. The first-order valence-electron chi connectivity index (χ1n) is 17.3. The van der Waals surface area contributed by atoms with Gasteiger partial charge in [-0.2, -0.15) is 18.3 Å². The van der Waals surface area contributed by atoms with E-state index in [1.807, 2.05) is 0 Å². The number of nitrogens with one attached hydrogen (secondary N) is 4. The first-order valence-corrected chi connectivity index (χ1v) is 17.3.